The first-order valence-electron chi connectivity index (χ1n) is 4.91. The molecule has 0 unspecified atom stereocenters. The number of H-pyrrole nitrogens is 1. The van der Waals surface area contributed by atoms with Gasteiger partial charge >= 0.3 is 0 Å². The van der Waals surface area contributed by atoms with Crippen LogP contribution in [-0.4, -0.2) is 9.97 Å². The average molecular weight is 186 g/mol. The zero-order valence-electron chi connectivity index (χ0n) is 8.54. The topological polar surface area (TPSA) is 28.7 Å². The highest BCUT2D eigenvalue weighted by molar-refractivity contribution is 5.60. The van der Waals surface area contributed by atoms with Gasteiger partial charge in [-0.1, -0.05) is 31.2 Å². The number of nitrogens with one attached hydrogen (secondary N) is 1. The monoisotopic (exact) mass is 186 g/mol. The van der Waals surface area contributed by atoms with Gasteiger partial charge in [-0.05, 0) is 18.9 Å². The van der Waals surface area contributed by atoms with Crippen LogP contribution in [0.5, 0.6) is 0 Å². The summed E-state index contributed by atoms with van der Waals surface area (Å²) in [6.07, 6.45) is 2.90. The van der Waals surface area contributed by atoms with Crippen LogP contribution in [-0.2, 0) is 6.42 Å². The zero-order valence-corrected chi connectivity index (χ0v) is 8.54. The average Bonchev–Trinajstić information content (AvgIpc) is 2.65. The van der Waals surface area contributed by atoms with E-state index in [1.807, 2.05) is 19.2 Å². The van der Waals surface area contributed by atoms with Crippen LogP contribution in [0.4, 0.5) is 0 Å². The van der Waals surface area contributed by atoms with Gasteiger partial charge in [-0.3, -0.25) is 0 Å². The van der Waals surface area contributed by atoms with Gasteiger partial charge in [0.05, 0.1) is 0 Å². The second-order valence-corrected chi connectivity index (χ2v) is 3.43. The molecule has 0 saturated carbocycles. The van der Waals surface area contributed by atoms with Crippen molar-refractivity contribution in [2.75, 3.05) is 0 Å². The highest BCUT2D eigenvalue weighted by Crippen LogP contribution is 2.20. The molecule has 0 amide bonds. The molecule has 0 bridgehead atoms. The maximum atomic E-state index is 4.34. The Kier molecular flexibility index (Phi) is 2.35. The number of aromatic amines is 1. The lowest BCUT2D eigenvalue weighted by molar-refractivity contribution is 1.13. The van der Waals surface area contributed by atoms with Crippen molar-refractivity contribution in [1.82, 2.24) is 9.97 Å². The van der Waals surface area contributed by atoms with E-state index >= 15 is 0 Å². The van der Waals surface area contributed by atoms with E-state index < -0.39 is 0 Å². The second-order valence-electron chi connectivity index (χ2n) is 3.43. The Morgan fingerprint density at radius 3 is 2.71 bits per heavy atom. The predicted molar refractivity (Wildman–Crippen MR) is 58.1 cm³/mol. The number of imidazole rings is 1. The molecular weight excluding hydrogens is 172 g/mol. The van der Waals surface area contributed by atoms with Gasteiger partial charge in [0.1, 0.15) is 5.82 Å². The van der Waals surface area contributed by atoms with Crippen LogP contribution in [0, 0.1) is 6.92 Å². The van der Waals surface area contributed by atoms with Crippen molar-refractivity contribution in [1.29, 1.82) is 0 Å². The van der Waals surface area contributed by atoms with Gasteiger partial charge in [-0.25, -0.2) is 4.98 Å². The Balaban J connectivity index is 2.50. The molecule has 1 heterocycles. The molecule has 14 heavy (non-hydrogen) atoms. The summed E-state index contributed by atoms with van der Waals surface area (Å²) in [5.41, 5.74) is 3.65. The van der Waals surface area contributed by atoms with Gasteiger partial charge in [0, 0.05) is 17.5 Å². The minimum absolute atomic E-state index is 0.972. The van der Waals surface area contributed by atoms with E-state index in [2.05, 4.69) is 35.1 Å². The molecule has 2 heteroatoms. The summed E-state index contributed by atoms with van der Waals surface area (Å²) in [6.45, 7) is 4.18. The van der Waals surface area contributed by atoms with Crippen molar-refractivity contribution in [2.45, 2.75) is 20.3 Å². The molecule has 1 N–H and O–H groups in total. The van der Waals surface area contributed by atoms with Crippen LogP contribution < -0.4 is 0 Å². The summed E-state index contributed by atoms with van der Waals surface area (Å²) < 4.78 is 0. The van der Waals surface area contributed by atoms with Gasteiger partial charge in [0.2, 0.25) is 0 Å². The Morgan fingerprint density at radius 2 is 2.07 bits per heavy atom. The molecule has 0 atom stereocenters. The molecule has 0 aliphatic rings. The number of nitrogens with zero attached hydrogens (tertiary/aromatic N) is 1. The Labute approximate surface area is 84.0 Å². The zero-order chi connectivity index (χ0) is 9.97. The minimum Gasteiger partial charge on any atom is -0.342 e. The number of aryl methyl sites for hydroxylation is 2. The maximum Gasteiger partial charge on any atom is 0.137 e. The van der Waals surface area contributed by atoms with E-state index in [9.17, 15) is 0 Å². The second kappa shape index (κ2) is 3.66. The molecule has 0 radical (unpaired) electrons. The largest absolute Gasteiger partial charge is 0.342 e. The number of rotatable bonds is 2. The Morgan fingerprint density at radius 1 is 1.29 bits per heavy atom. The SMILES string of the molecule is CCc1ccccc1-c1ncc(C)[nH]1. The van der Waals surface area contributed by atoms with Crippen molar-refractivity contribution in [3.63, 3.8) is 0 Å². The lowest BCUT2D eigenvalue weighted by Gasteiger charge is -2.03. The van der Waals surface area contributed by atoms with E-state index in [1.165, 1.54) is 11.1 Å². The van der Waals surface area contributed by atoms with Crippen LogP contribution >= 0.6 is 0 Å². The molecule has 1 aromatic heterocycles. The van der Waals surface area contributed by atoms with Crippen molar-refractivity contribution < 1.29 is 0 Å². The first-order chi connectivity index (χ1) is 6.81. The number of hydrogen-bond acceptors (Lipinski definition) is 1. The fourth-order valence-corrected chi connectivity index (χ4v) is 1.61. The van der Waals surface area contributed by atoms with Crippen LogP contribution in [0.25, 0.3) is 11.4 Å². The molecule has 1 aromatic carbocycles. The van der Waals surface area contributed by atoms with Crippen LogP contribution in [0.1, 0.15) is 18.2 Å². The highest BCUT2D eigenvalue weighted by Gasteiger charge is 2.04. The molecule has 2 nitrogen and oxygen atoms in total. The third kappa shape index (κ3) is 1.55. The third-order valence-corrected chi connectivity index (χ3v) is 2.36. The molecule has 0 saturated heterocycles. The van der Waals surface area contributed by atoms with E-state index in [-0.39, 0.29) is 0 Å². The number of benzene rings is 1. The summed E-state index contributed by atoms with van der Waals surface area (Å²) in [5, 5.41) is 0. The Hall–Kier alpha value is -1.57. The summed E-state index contributed by atoms with van der Waals surface area (Å²) in [4.78, 5) is 7.60. The summed E-state index contributed by atoms with van der Waals surface area (Å²) >= 11 is 0. The van der Waals surface area contributed by atoms with Crippen molar-refractivity contribution >= 4 is 0 Å². The predicted octanol–water partition coefficient (Wildman–Crippen LogP) is 2.95. The molecule has 0 spiro atoms. The molecule has 2 rings (SSSR count). The maximum absolute atomic E-state index is 4.34. The third-order valence-electron chi connectivity index (χ3n) is 2.36. The van der Waals surface area contributed by atoms with Crippen LogP contribution in [0.2, 0.25) is 0 Å². The molecule has 0 aliphatic carbocycles. The van der Waals surface area contributed by atoms with Gasteiger partial charge in [-0.2, -0.15) is 0 Å². The van der Waals surface area contributed by atoms with E-state index in [1.54, 1.807) is 0 Å². The summed E-state index contributed by atoms with van der Waals surface area (Å²) in [5.74, 6) is 0.972. The first kappa shape index (κ1) is 9.00. The number of aromatic nitrogens is 2. The molecular formula is C12H14N2. The summed E-state index contributed by atoms with van der Waals surface area (Å²) in [6, 6.07) is 8.37. The normalized spacial score (nSPS) is 10.4. The molecule has 0 aliphatic heterocycles. The van der Waals surface area contributed by atoms with E-state index in [0.29, 0.717) is 0 Å². The van der Waals surface area contributed by atoms with Gasteiger partial charge in [0.15, 0.2) is 0 Å². The summed E-state index contributed by atoms with van der Waals surface area (Å²) in [7, 11) is 0. The highest BCUT2D eigenvalue weighted by atomic mass is 14.9. The quantitative estimate of drug-likeness (QED) is 0.767. The van der Waals surface area contributed by atoms with Crippen molar-refractivity contribution in [2.24, 2.45) is 0 Å². The molecule has 72 valence electrons. The number of hydrogen-bond donors (Lipinski definition) is 1. The van der Waals surface area contributed by atoms with Crippen molar-refractivity contribution in [3.05, 3.63) is 41.7 Å². The smallest absolute Gasteiger partial charge is 0.137 e. The van der Waals surface area contributed by atoms with Crippen molar-refractivity contribution in [3.8, 4) is 11.4 Å². The first-order valence-corrected chi connectivity index (χ1v) is 4.91. The minimum atomic E-state index is 0.972. The fraction of sp³-hybridized carbons (Fsp3) is 0.250. The Bertz CT molecular complexity index is 429. The van der Waals surface area contributed by atoms with Crippen LogP contribution in [0.15, 0.2) is 30.5 Å². The van der Waals surface area contributed by atoms with E-state index in [0.717, 1.165) is 17.9 Å². The van der Waals surface area contributed by atoms with Gasteiger partial charge < -0.3 is 4.98 Å². The van der Waals surface area contributed by atoms with Gasteiger partial charge in [-0.15, -0.1) is 0 Å². The van der Waals surface area contributed by atoms with Crippen LogP contribution in [0.3, 0.4) is 0 Å². The lowest BCUT2D eigenvalue weighted by atomic mass is 10.1. The molecule has 2 aromatic rings. The molecule has 0 fully saturated rings. The standard InChI is InChI=1S/C12H14N2/c1-3-10-6-4-5-7-11(10)12-13-8-9(2)14-12/h4-8H,3H2,1-2H3,(H,13,14). The van der Waals surface area contributed by atoms with E-state index in [4.69, 9.17) is 0 Å². The lowest BCUT2D eigenvalue weighted by Crippen LogP contribution is -1.88. The van der Waals surface area contributed by atoms with Gasteiger partial charge in [0.25, 0.3) is 0 Å². The fourth-order valence-electron chi connectivity index (χ4n) is 1.61.